The summed E-state index contributed by atoms with van der Waals surface area (Å²) in [4.78, 5) is 14.0. The van der Waals surface area contributed by atoms with Crippen molar-refractivity contribution in [3.63, 3.8) is 0 Å². The Balaban J connectivity index is 2.60. The van der Waals surface area contributed by atoms with E-state index in [0.717, 1.165) is 11.8 Å². The number of rotatable bonds is 2. The number of hydrogen-bond acceptors (Lipinski definition) is 3. The van der Waals surface area contributed by atoms with Crippen molar-refractivity contribution < 1.29 is 9.31 Å². The minimum Gasteiger partial charge on any atom is -0.258 e. The van der Waals surface area contributed by atoms with Crippen molar-refractivity contribution in [2.75, 3.05) is 0 Å². The molecule has 0 radical (unpaired) electrons. The van der Waals surface area contributed by atoms with Gasteiger partial charge in [0, 0.05) is 17.3 Å². The van der Waals surface area contributed by atoms with Crippen LogP contribution < -0.4 is 0 Å². The van der Waals surface area contributed by atoms with Crippen molar-refractivity contribution in [2.24, 2.45) is 0 Å². The summed E-state index contributed by atoms with van der Waals surface area (Å²) in [6.45, 7) is 1.78. The number of pyridine rings is 1. The Labute approximate surface area is 96.9 Å². The Kier molecular flexibility index (Phi) is 2.82. The van der Waals surface area contributed by atoms with Crippen molar-refractivity contribution >= 4 is 5.69 Å². The van der Waals surface area contributed by atoms with E-state index in [1.807, 2.05) is 0 Å². The standard InChI is InChI=1S/C12H9FN2O2/c1-8-4-2-6-10(14-8)9-5-3-7-11(12(9)13)15(16)17/h2-7H,1H3. The van der Waals surface area contributed by atoms with Gasteiger partial charge in [-0.05, 0) is 25.1 Å². The number of halogens is 1. The average molecular weight is 232 g/mol. The lowest BCUT2D eigenvalue weighted by Crippen LogP contribution is -1.96. The molecule has 86 valence electrons. The first-order valence-electron chi connectivity index (χ1n) is 4.96. The number of aryl methyl sites for hydroxylation is 1. The first-order valence-corrected chi connectivity index (χ1v) is 4.96. The van der Waals surface area contributed by atoms with Crippen LogP contribution in [0.1, 0.15) is 5.69 Å². The van der Waals surface area contributed by atoms with E-state index in [2.05, 4.69) is 4.98 Å². The molecule has 0 aliphatic carbocycles. The van der Waals surface area contributed by atoms with Gasteiger partial charge in [0.15, 0.2) is 0 Å². The maximum Gasteiger partial charge on any atom is 0.305 e. The highest BCUT2D eigenvalue weighted by molar-refractivity contribution is 5.63. The van der Waals surface area contributed by atoms with Gasteiger partial charge in [-0.15, -0.1) is 0 Å². The fourth-order valence-corrected chi connectivity index (χ4v) is 1.55. The van der Waals surface area contributed by atoms with Crippen LogP contribution in [0.5, 0.6) is 0 Å². The number of nitro benzene ring substituents is 1. The largest absolute Gasteiger partial charge is 0.305 e. The van der Waals surface area contributed by atoms with Crippen LogP contribution in [0.4, 0.5) is 10.1 Å². The summed E-state index contributed by atoms with van der Waals surface area (Å²) in [5.41, 5.74) is 0.730. The van der Waals surface area contributed by atoms with E-state index in [1.165, 1.54) is 12.1 Å². The van der Waals surface area contributed by atoms with Gasteiger partial charge >= 0.3 is 5.69 Å². The van der Waals surface area contributed by atoms with Crippen LogP contribution in [-0.4, -0.2) is 9.91 Å². The summed E-state index contributed by atoms with van der Waals surface area (Å²) in [6.07, 6.45) is 0. The molecule has 1 heterocycles. The minimum absolute atomic E-state index is 0.142. The maximum absolute atomic E-state index is 13.9. The molecule has 0 spiro atoms. The number of aromatic nitrogens is 1. The fraction of sp³-hybridized carbons (Fsp3) is 0.0833. The van der Waals surface area contributed by atoms with E-state index in [-0.39, 0.29) is 5.56 Å². The monoisotopic (exact) mass is 232 g/mol. The van der Waals surface area contributed by atoms with Crippen molar-refractivity contribution in [2.45, 2.75) is 6.92 Å². The van der Waals surface area contributed by atoms with Gasteiger partial charge in [-0.2, -0.15) is 4.39 Å². The quantitative estimate of drug-likeness (QED) is 0.590. The number of hydrogen-bond donors (Lipinski definition) is 0. The normalized spacial score (nSPS) is 10.2. The number of nitro groups is 1. The molecule has 1 aromatic heterocycles. The zero-order chi connectivity index (χ0) is 12.4. The van der Waals surface area contributed by atoms with Crippen LogP contribution in [0.2, 0.25) is 0 Å². The summed E-state index contributed by atoms with van der Waals surface area (Å²) in [5.74, 6) is -0.851. The van der Waals surface area contributed by atoms with E-state index >= 15 is 0 Å². The van der Waals surface area contributed by atoms with E-state index < -0.39 is 16.4 Å². The predicted molar refractivity (Wildman–Crippen MR) is 61.0 cm³/mol. The van der Waals surface area contributed by atoms with Gasteiger partial charge < -0.3 is 0 Å². The minimum atomic E-state index is -0.851. The van der Waals surface area contributed by atoms with Gasteiger partial charge in [-0.25, -0.2) is 0 Å². The average Bonchev–Trinajstić information content (AvgIpc) is 2.29. The third-order valence-corrected chi connectivity index (χ3v) is 2.34. The fourth-order valence-electron chi connectivity index (χ4n) is 1.55. The second-order valence-electron chi connectivity index (χ2n) is 3.56. The molecule has 0 amide bonds. The first kappa shape index (κ1) is 11.2. The van der Waals surface area contributed by atoms with Crippen LogP contribution in [0.15, 0.2) is 36.4 Å². The molecule has 0 aliphatic heterocycles. The molecule has 17 heavy (non-hydrogen) atoms. The summed E-state index contributed by atoms with van der Waals surface area (Å²) in [7, 11) is 0. The zero-order valence-electron chi connectivity index (χ0n) is 9.05. The molecule has 0 saturated carbocycles. The van der Waals surface area contributed by atoms with Crippen molar-refractivity contribution in [1.82, 2.24) is 4.98 Å². The summed E-state index contributed by atoms with van der Waals surface area (Å²) in [6, 6.07) is 9.18. The predicted octanol–water partition coefficient (Wildman–Crippen LogP) is 3.10. The van der Waals surface area contributed by atoms with E-state index in [4.69, 9.17) is 0 Å². The van der Waals surface area contributed by atoms with Crippen LogP contribution >= 0.6 is 0 Å². The van der Waals surface area contributed by atoms with Crippen molar-refractivity contribution in [3.8, 4) is 11.3 Å². The molecule has 1 aromatic carbocycles. The SMILES string of the molecule is Cc1cccc(-c2cccc([N+](=O)[O-])c2F)n1. The second-order valence-corrected chi connectivity index (χ2v) is 3.56. The lowest BCUT2D eigenvalue weighted by Gasteiger charge is -2.03. The molecule has 5 heteroatoms. The van der Waals surface area contributed by atoms with Crippen LogP contribution in [0.25, 0.3) is 11.3 Å². The Bertz CT molecular complexity index is 584. The highest BCUT2D eigenvalue weighted by atomic mass is 19.1. The Hall–Kier alpha value is -2.30. The molecular formula is C12H9FN2O2. The molecule has 2 rings (SSSR count). The van der Waals surface area contributed by atoms with Crippen molar-refractivity contribution in [3.05, 3.63) is 58.0 Å². The number of nitrogens with zero attached hydrogens (tertiary/aromatic N) is 2. The Morgan fingerprint density at radius 2 is 1.94 bits per heavy atom. The summed E-state index contributed by atoms with van der Waals surface area (Å²) in [5, 5.41) is 10.6. The third kappa shape index (κ3) is 2.13. The smallest absolute Gasteiger partial charge is 0.258 e. The van der Waals surface area contributed by atoms with E-state index in [9.17, 15) is 14.5 Å². The third-order valence-electron chi connectivity index (χ3n) is 2.34. The maximum atomic E-state index is 13.9. The van der Waals surface area contributed by atoms with Gasteiger partial charge in [0.05, 0.1) is 10.6 Å². The van der Waals surface area contributed by atoms with E-state index in [1.54, 1.807) is 25.1 Å². The molecule has 0 saturated heterocycles. The molecule has 0 bridgehead atoms. The number of benzene rings is 1. The first-order chi connectivity index (χ1) is 8.09. The Morgan fingerprint density at radius 1 is 1.24 bits per heavy atom. The molecule has 4 nitrogen and oxygen atoms in total. The molecule has 0 atom stereocenters. The zero-order valence-corrected chi connectivity index (χ0v) is 9.05. The summed E-state index contributed by atoms with van der Waals surface area (Å²) < 4.78 is 13.9. The summed E-state index contributed by atoms with van der Waals surface area (Å²) >= 11 is 0. The molecule has 0 unspecified atom stereocenters. The van der Waals surface area contributed by atoms with Gasteiger partial charge in [-0.3, -0.25) is 15.1 Å². The lowest BCUT2D eigenvalue weighted by atomic mass is 10.1. The lowest BCUT2D eigenvalue weighted by molar-refractivity contribution is -0.387. The van der Waals surface area contributed by atoms with Crippen LogP contribution in [-0.2, 0) is 0 Å². The van der Waals surface area contributed by atoms with Crippen LogP contribution in [0.3, 0.4) is 0 Å². The highest BCUT2D eigenvalue weighted by Crippen LogP contribution is 2.27. The molecular weight excluding hydrogens is 223 g/mol. The van der Waals surface area contributed by atoms with Crippen molar-refractivity contribution in [1.29, 1.82) is 0 Å². The molecule has 0 N–H and O–H groups in total. The van der Waals surface area contributed by atoms with Gasteiger partial charge in [0.25, 0.3) is 0 Å². The molecule has 2 aromatic rings. The second kappa shape index (κ2) is 4.29. The highest BCUT2D eigenvalue weighted by Gasteiger charge is 2.18. The van der Waals surface area contributed by atoms with Gasteiger partial charge in [-0.1, -0.05) is 12.1 Å². The molecule has 0 aliphatic rings. The van der Waals surface area contributed by atoms with E-state index in [0.29, 0.717) is 5.69 Å². The topological polar surface area (TPSA) is 56.0 Å². The van der Waals surface area contributed by atoms with Gasteiger partial charge in [0.1, 0.15) is 0 Å². The van der Waals surface area contributed by atoms with Crippen LogP contribution in [0, 0.1) is 22.9 Å². The molecule has 0 fully saturated rings. The Morgan fingerprint density at radius 3 is 2.59 bits per heavy atom. The van der Waals surface area contributed by atoms with Gasteiger partial charge in [0.2, 0.25) is 5.82 Å².